The van der Waals surface area contributed by atoms with Crippen LogP contribution < -0.4 is 0 Å². The molecule has 3 rings (SSSR count). The SMILES string of the molecule is Cc1[nH]cnc1CN1CCC[C@H](C(=O)CCc2ccccc2)C1. The fraction of sp³-hybridized carbons (Fsp3) is 0.474. The molecule has 0 aliphatic carbocycles. The highest BCUT2D eigenvalue weighted by Crippen LogP contribution is 2.21. The van der Waals surface area contributed by atoms with E-state index in [4.69, 9.17) is 0 Å². The zero-order chi connectivity index (χ0) is 16.1. The number of ketones is 1. The molecule has 23 heavy (non-hydrogen) atoms. The molecule has 4 heteroatoms. The summed E-state index contributed by atoms with van der Waals surface area (Å²) in [7, 11) is 0. The van der Waals surface area contributed by atoms with Crippen molar-refractivity contribution in [2.45, 2.75) is 39.2 Å². The van der Waals surface area contributed by atoms with Crippen LogP contribution in [0.5, 0.6) is 0 Å². The summed E-state index contributed by atoms with van der Waals surface area (Å²) in [5, 5.41) is 0. The summed E-state index contributed by atoms with van der Waals surface area (Å²) in [5.41, 5.74) is 3.48. The number of benzene rings is 1. The molecule has 1 aromatic carbocycles. The summed E-state index contributed by atoms with van der Waals surface area (Å²) in [6, 6.07) is 10.3. The molecule has 1 fully saturated rings. The van der Waals surface area contributed by atoms with E-state index in [2.05, 4.69) is 33.9 Å². The molecule has 1 saturated heterocycles. The normalized spacial score (nSPS) is 18.9. The lowest BCUT2D eigenvalue weighted by molar-refractivity contribution is -0.124. The van der Waals surface area contributed by atoms with E-state index in [1.165, 1.54) is 5.56 Å². The largest absolute Gasteiger partial charge is 0.348 e. The Balaban J connectivity index is 1.51. The molecule has 2 heterocycles. The second-order valence-electron chi connectivity index (χ2n) is 6.50. The molecule has 4 nitrogen and oxygen atoms in total. The molecule has 1 atom stereocenters. The van der Waals surface area contributed by atoms with E-state index in [1.54, 1.807) is 6.33 Å². The number of imidazole rings is 1. The van der Waals surface area contributed by atoms with E-state index in [-0.39, 0.29) is 5.92 Å². The monoisotopic (exact) mass is 311 g/mol. The van der Waals surface area contributed by atoms with Gasteiger partial charge in [-0.3, -0.25) is 9.69 Å². The highest BCUT2D eigenvalue weighted by atomic mass is 16.1. The molecule has 1 aromatic heterocycles. The zero-order valence-electron chi connectivity index (χ0n) is 13.8. The van der Waals surface area contributed by atoms with Crippen molar-refractivity contribution in [2.75, 3.05) is 13.1 Å². The van der Waals surface area contributed by atoms with Gasteiger partial charge in [-0.1, -0.05) is 30.3 Å². The van der Waals surface area contributed by atoms with Crippen LogP contribution >= 0.6 is 0 Å². The second kappa shape index (κ2) is 7.55. The number of aromatic amines is 1. The van der Waals surface area contributed by atoms with E-state index in [1.807, 2.05) is 18.2 Å². The highest BCUT2D eigenvalue weighted by molar-refractivity contribution is 5.81. The van der Waals surface area contributed by atoms with Gasteiger partial charge in [0, 0.05) is 31.1 Å². The first kappa shape index (κ1) is 15.9. The number of likely N-dealkylation sites (tertiary alicyclic amines) is 1. The minimum atomic E-state index is 0.187. The number of aromatic nitrogens is 2. The maximum atomic E-state index is 12.5. The number of aryl methyl sites for hydroxylation is 2. The number of hydrogen-bond donors (Lipinski definition) is 1. The Morgan fingerprint density at radius 2 is 2.17 bits per heavy atom. The van der Waals surface area contributed by atoms with Gasteiger partial charge in [-0.15, -0.1) is 0 Å². The maximum absolute atomic E-state index is 12.5. The molecule has 0 bridgehead atoms. The van der Waals surface area contributed by atoms with Crippen LogP contribution in [0.15, 0.2) is 36.7 Å². The van der Waals surface area contributed by atoms with Crippen LogP contribution in [0.4, 0.5) is 0 Å². The van der Waals surface area contributed by atoms with Gasteiger partial charge in [0.1, 0.15) is 5.78 Å². The first-order chi connectivity index (χ1) is 11.2. The molecule has 0 radical (unpaired) electrons. The lowest BCUT2D eigenvalue weighted by Gasteiger charge is -2.31. The minimum Gasteiger partial charge on any atom is -0.348 e. The quantitative estimate of drug-likeness (QED) is 0.891. The number of hydrogen-bond acceptors (Lipinski definition) is 3. The van der Waals surface area contributed by atoms with Crippen LogP contribution in [0.3, 0.4) is 0 Å². The molecule has 1 N–H and O–H groups in total. The molecule has 122 valence electrons. The zero-order valence-corrected chi connectivity index (χ0v) is 13.8. The number of carbonyl (C=O) groups excluding carboxylic acids is 1. The second-order valence-corrected chi connectivity index (χ2v) is 6.50. The number of rotatable bonds is 6. The van der Waals surface area contributed by atoms with Crippen LogP contribution in [0.1, 0.15) is 36.2 Å². The van der Waals surface area contributed by atoms with E-state index in [9.17, 15) is 4.79 Å². The fourth-order valence-corrected chi connectivity index (χ4v) is 3.34. The molecule has 0 saturated carbocycles. The molecule has 0 amide bonds. The lowest BCUT2D eigenvalue weighted by Crippen LogP contribution is -2.38. The van der Waals surface area contributed by atoms with Crippen LogP contribution in [0.2, 0.25) is 0 Å². The number of nitrogens with zero attached hydrogens (tertiary/aromatic N) is 2. The summed E-state index contributed by atoms with van der Waals surface area (Å²) in [6.07, 6.45) is 5.39. The van der Waals surface area contributed by atoms with Crippen LogP contribution in [-0.4, -0.2) is 33.7 Å². The molecular weight excluding hydrogens is 286 g/mol. The minimum absolute atomic E-state index is 0.187. The van der Waals surface area contributed by atoms with Gasteiger partial charge in [0.2, 0.25) is 0 Å². The Kier molecular flexibility index (Phi) is 5.23. The van der Waals surface area contributed by atoms with E-state index in [0.717, 1.165) is 50.3 Å². The lowest BCUT2D eigenvalue weighted by atomic mass is 9.90. The number of nitrogens with one attached hydrogen (secondary N) is 1. The Bertz CT molecular complexity index is 635. The highest BCUT2D eigenvalue weighted by Gasteiger charge is 2.25. The van der Waals surface area contributed by atoms with Crippen LogP contribution in [-0.2, 0) is 17.8 Å². The van der Waals surface area contributed by atoms with Crippen molar-refractivity contribution in [1.82, 2.24) is 14.9 Å². The third kappa shape index (κ3) is 4.29. The van der Waals surface area contributed by atoms with Crippen molar-refractivity contribution >= 4 is 5.78 Å². The number of carbonyl (C=O) groups is 1. The molecule has 0 spiro atoms. The Hall–Kier alpha value is -1.94. The third-order valence-corrected chi connectivity index (χ3v) is 4.77. The predicted octanol–water partition coefficient (Wildman–Crippen LogP) is 3.13. The van der Waals surface area contributed by atoms with Crippen molar-refractivity contribution in [3.8, 4) is 0 Å². The first-order valence-electron chi connectivity index (χ1n) is 8.50. The average molecular weight is 311 g/mol. The summed E-state index contributed by atoms with van der Waals surface area (Å²) in [5.74, 6) is 0.601. The van der Waals surface area contributed by atoms with Gasteiger partial charge in [0.15, 0.2) is 0 Å². The van der Waals surface area contributed by atoms with Crippen molar-refractivity contribution in [2.24, 2.45) is 5.92 Å². The van der Waals surface area contributed by atoms with Gasteiger partial charge in [-0.25, -0.2) is 4.98 Å². The number of Topliss-reactive ketones (excluding diaryl/α,β-unsaturated/α-hetero) is 1. The van der Waals surface area contributed by atoms with Crippen molar-refractivity contribution < 1.29 is 4.79 Å². The summed E-state index contributed by atoms with van der Waals surface area (Å²) < 4.78 is 0. The van der Waals surface area contributed by atoms with E-state index >= 15 is 0 Å². The summed E-state index contributed by atoms with van der Waals surface area (Å²) >= 11 is 0. The Labute approximate surface area is 137 Å². The third-order valence-electron chi connectivity index (χ3n) is 4.77. The van der Waals surface area contributed by atoms with Gasteiger partial charge in [0.05, 0.1) is 12.0 Å². The molecular formula is C19H25N3O. The van der Waals surface area contributed by atoms with Gasteiger partial charge in [-0.2, -0.15) is 0 Å². The summed E-state index contributed by atoms with van der Waals surface area (Å²) in [6.45, 7) is 4.83. The van der Waals surface area contributed by atoms with Gasteiger partial charge >= 0.3 is 0 Å². The standard InChI is InChI=1S/C19H25N3O/c1-15-18(21-14-20-15)13-22-11-5-8-17(12-22)19(23)10-9-16-6-3-2-4-7-16/h2-4,6-7,14,17H,5,8-13H2,1H3,(H,20,21)/t17-/m0/s1. The molecule has 1 aliphatic rings. The van der Waals surface area contributed by atoms with Crippen LogP contribution in [0.25, 0.3) is 0 Å². The van der Waals surface area contributed by atoms with Gasteiger partial charge in [0.25, 0.3) is 0 Å². The number of H-pyrrole nitrogens is 1. The Morgan fingerprint density at radius 1 is 1.35 bits per heavy atom. The van der Waals surface area contributed by atoms with E-state index < -0.39 is 0 Å². The topological polar surface area (TPSA) is 49.0 Å². The average Bonchev–Trinajstić information content (AvgIpc) is 2.99. The van der Waals surface area contributed by atoms with Crippen molar-refractivity contribution in [3.63, 3.8) is 0 Å². The molecule has 1 aliphatic heterocycles. The van der Waals surface area contributed by atoms with E-state index in [0.29, 0.717) is 12.2 Å². The molecule has 0 unspecified atom stereocenters. The maximum Gasteiger partial charge on any atom is 0.137 e. The van der Waals surface area contributed by atoms with Gasteiger partial charge in [-0.05, 0) is 38.3 Å². The fourth-order valence-electron chi connectivity index (χ4n) is 3.34. The van der Waals surface area contributed by atoms with Crippen LogP contribution in [0, 0.1) is 12.8 Å². The molecule has 2 aromatic rings. The smallest absolute Gasteiger partial charge is 0.137 e. The van der Waals surface area contributed by atoms with Crippen molar-refractivity contribution in [3.05, 3.63) is 53.6 Å². The summed E-state index contributed by atoms with van der Waals surface area (Å²) in [4.78, 5) is 22.4. The predicted molar refractivity (Wildman–Crippen MR) is 91.1 cm³/mol. The number of piperidine rings is 1. The van der Waals surface area contributed by atoms with Gasteiger partial charge < -0.3 is 4.98 Å². The Morgan fingerprint density at radius 3 is 2.91 bits per heavy atom. The van der Waals surface area contributed by atoms with Crippen molar-refractivity contribution in [1.29, 1.82) is 0 Å². The first-order valence-corrected chi connectivity index (χ1v) is 8.50.